The number of hydrogen-bond acceptors (Lipinski definition) is 6. The van der Waals surface area contributed by atoms with Gasteiger partial charge in [-0.3, -0.25) is 4.79 Å². The second-order valence-electron chi connectivity index (χ2n) is 5.40. The minimum atomic E-state index is -0.286. The third-order valence-electron chi connectivity index (χ3n) is 3.56. The minimum absolute atomic E-state index is 0.0419. The van der Waals surface area contributed by atoms with Crippen molar-refractivity contribution in [2.45, 2.75) is 25.9 Å². The predicted octanol–water partition coefficient (Wildman–Crippen LogP) is 0.678. The maximum absolute atomic E-state index is 11.8. The maximum atomic E-state index is 11.8. The molecule has 0 bridgehead atoms. The number of rotatable bonds is 6. The first-order valence-corrected chi connectivity index (χ1v) is 7.72. The van der Waals surface area contributed by atoms with Gasteiger partial charge < -0.3 is 15.4 Å². The van der Waals surface area contributed by atoms with E-state index in [1.165, 1.54) is 0 Å². The van der Waals surface area contributed by atoms with Crippen LogP contribution in [0.25, 0.3) is 5.82 Å². The summed E-state index contributed by atoms with van der Waals surface area (Å²) in [5.41, 5.74) is 0.927. The van der Waals surface area contributed by atoms with E-state index < -0.39 is 0 Å². The van der Waals surface area contributed by atoms with Gasteiger partial charge in [0.15, 0.2) is 5.82 Å². The molecule has 0 spiro atoms. The van der Waals surface area contributed by atoms with Crippen molar-refractivity contribution < 1.29 is 9.53 Å². The quantitative estimate of drug-likeness (QED) is 0.761. The van der Waals surface area contributed by atoms with Crippen molar-refractivity contribution >= 4 is 11.7 Å². The molecule has 0 aliphatic carbocycles. The number of aromatic nitrogens is 4. The van der Waals surface area contributed by atoms with Crippen LogP contribution >= 0.6 is 0 Å². The molecule has 23 heavy (non-hydrogen) atoms. The summed E-state index contributed by atoms with van der Waals surface area (Å²) in [5, 5.41) is 18.5. The topological polar surface area (TPSA) is 94.0 Å². The van der Waals surface area contributed by atoms with Crippen molar-refractivity contribution in [3.63, 3.8) is 0 Å². The number of aryl methyl sites for hydroxylation is 1. The van der Waals surface area contributed by atoms with Crippen molar-refractivity contribution in [1.29, 1.82) is 0 Å². The number of hydrogen-bond donors (Lipinski definition) is 2. The van der Waals surface area contributed by atoms with Crippen molar-refractivity contribution in [2.24, 2.45) is 0 Å². The van der Waals surface area contributed by atoms with Crippen LogP contribution in [0.4, 0.5) is 5.82 Å². The number of nitrogens with one attached hydrogen (secondary N) is 2. The van der Waals surface area contributed by atoms with E-state index in [1.807, 2.05) is 31.3 Å². The molecule has 1 unspecified atom stereocenters. The maximum Gasteiger partial charge on any atom is 0.249 e. The SMILES string of the molecule is Cc1ccn(-c2ccc(NCCNC(=O)C3CCCO3)nn2)n1. The van der Waals surface area contributed by atoms with Gasteiger partial charge in [0.05, 0.1) is 5.69 Å². The lowest BCUT2D eigenvalue weighted by Crippen LogP contribution is -2.36. The average molecular weight is 316 g/mol. The summed E-state index contributed by atoms with van der Waals surface area (Å²) in [6.07, 6.45) is 3.31. The van der Waals surface area contributed by atoms with E-state index in [9.17, 15) is 4.79 Å². The summed E-state index contributed by atoms with van der Waals surface area (Å²) in [6.45, 7) is 3.69. The van der Waals surface area contributed by atoms with Gasteiger partial charge in [-0.25, -0.2) is 4.68 Å². The van der Waals surface area contributed by atoms with Crippen molar-refractivity contribution in [3.05, 3.63) is 30.1 Å². The smallest absolute Gasteiger partial charge is 0.249 e. The van der Waals surface area contributed by atoms with Crippen LogP contribution in [0.1, 0.15) is 18.5 Å². The second kappa shape index (κ2) is 7.19. The van der Waals surface area contributed by atoms with Gasteiger partial charge >= 0.3 is 0 Å². The lowest BCUT2D eigenvalue weighted by atomic mass is 10.2. The Kier molecular flexibility index (Phi) is 4.82. The van der Waals surface area contributed by atoms with Crippen LogP contribution in [-0.4, -0.2) is 51.7 Å². The highest BCUT2D eigenvalue weighted by atomic mass is 16.5. The van der Waals surface area contributed by atoms with Crippen LogP contribution in [0.2, 0.25) is 0 Å². The fraction of sp³-hybridized carbons (Fsp3) is 0.467. The summed E-state index contributed by atoms with van der Waals surface area (Å²) < 4.78 is 7.00. The lowest BCUT2D eigenvalue weighted by Gasteiger charge is -2.11. The summed E-state index contributed by atoms with van der Waals surface area (Å²) >= 11 is 0. The average Bonchev–Trinajstić information content (AvgIpc) is 3.23. The molecule has 0 radical (unpaired) electrons. The van der Waals surface area contributed by atoms with Crippen LogP contribution in [0.5, 0.6) is 0 Å². The zero-order chi connectivity index (χ0) is 16.1. The molecule has 3 rings (SSSR count). The number of ether oxygens (including phenoxy) is 1. The molecule has 8 nitrogen and oxygen atoms in total. The molecule has 3 heterocycles. The highest BCUT2D eigenvalue weighted by Crippen LogP contribution is 2.11. The van der Waals surface area contributed by atoms with E-state index in [0.29, 0.717) is 31.3 Å². The molecular formula is C15H20N6O2. The molecule has 2 N–H and O–H groups in total. The lowest BCUT2D eigenvalue weighted by molar-refractivity contribution is -0.129. The summed E-state index contributed by atoms with van der Waals surface area (Å²) in [4.78, 5) is 11.8. The summed E-state index contributed by atoms with van der Waals surface area (Å²) in [6, 6.07) is 5.58. The summed E-state index contributed by atoms with van der Waals surface area (Å²) in [7, 11) is 0. The van der Waals surface area contributed by atoms with Gasteiger partial charge in [-0.1, -0.05) is 0 Å². The monoisotopic (exact) mass is 316 g/mol. The Hall–Kier alpha value is -2.48. The molecule has 1 aliphatic rings. The molecule has 1 aliphatic heterocycles. The van der Waals surface area contributed by atoms with Gasteiger partial charge in [-0.05, 0) is 38.0 Å². The highest BCUT2D eigenvalue weighted by molar-refractivity contribution is 5.80. The Bertz CT molecular complexity index is 648. The Labute approximate surface area is 134 Å². The van der Waals surface area contributed by atoms with Gasteiger partial charge in [0.1, 0.15) is 11.9 Å². The van der Waals surface area contributed by atoms with Gasteiger partial charge in [0.2, 0.25) is 5.91 Å². The van der Waals surface area contributed by atoms with Crippen molar-refractivity contribution in [1.82, 2.24) is 25.3 Å². The van der Waals surface area contributed by atoms with Crippen molar-refractivity contribution in [3.8, 4) is 5.82 Å². The van der Waals surface area contributed by atoms with Crippen LogP contribution in [0.15, 0.2) is 24.4 Å². The number of carbonyl (C=O) groups is 1. The molecule has 1 saturated heterocycles. The third-order valence-corrected chi connectivity index (χ3v) is 3.56. The first kappa shape index (κ1) is 15.4. The molecule has 0 aromatic carbocycles. The zero-order valence-corrected chi connectivity index (χ0v) is 13.0. The minimum Gasteiger partial charge on any atom is -0.368 e. The van der Waals surface area contributed by atoms with E-state index in [1.54, 1.807) is 4.68 Å². The van der Waals surface area contributed by atoms with E-state index in [0.717, 1.165) is 18.5 Å². The molecule has 2 aromatic rings. The number of nitrogens with zero attached hydrogens (tertiary/aromatic N) is 4. The van der Waals surface area contributed by atoms with Crippen molar-refractivity contribution in [2.75, 3.05) is 25.0 Å². The largest absolute Gasteiger partial charge is 0.368 e. The number of amides is 1. The van der Waals surface area contributed by atoms with E-state index in [-0.39, 0.29) is 12.0 Å². The molecular weight excluding hydrogens is 296 g/mol. The molecule has 1 fully saturated rings. The van der Waals surface area contributed by atoms with E-state index in [4.69, 9.17) is 4.74 Å². The van der Waals surface area contributed by atoms with Gasteiger partial charge in [0, 0.05) is 25.9 Å². The molecule has 2 aromatic heterocycles. The number of anilines is 1. The molecule has 0 saturated carbocycles. The first-order valence-electron chi connectivity index (χ1n) is 7.72. The zero-order valence-electron chi connectivity index (χ0n) is 13.0. The molecule has 122 valence electrons. The van der Waals surface area contributed by atoms with Crippen LogP contribution in [-0.2, 0) is 9.53 Å². The standard InChI is InChI=1S/C15H20N6O2/c1-11-6-9-21(20-11)14-5-4-13(18-19-14)16-7-8-17-15(22)12-3-2-10-23-12/h4-6,9,12H,2-3,7-8,10H2,1H3,(H,16,18)(H,17,22). The second-order valence-corrected chi connectivity index (χ2v) is 5.40. The predicted molar refractivity (Wildman–Crippen MR) is 84.4 cm³/mol. The van der Waals surface area contributed by atoms with Crippen LogP contribution in [0.3, 0.4) is 0 Å². The highest BCUT2D eigenvalue weighted by Gasteiger charge is 2.22. The van der Waals surface area contributed by atoms with Gasteiger partial charge in [-0.2, -0.15) is 5.10 Å². The fourth-order valence-corrected chi connectivity index (χ4v) is 2.36. The van der Waals surface area contributed by atoms with Crippen LogP contribution in [0, 0.1) is 6.92 Å². The van der Waals surface area contributed by atoms with E-state index >= 15 is 0 Å². The van der Waals surface area contributed by atoms with E-state index in [2.05, 4.69) is 25.9 Å². The van der Waals surface area contributed by atoms with Gasteiger partial charge in [-0.15, -0.1) is 10.2 Å². The normalized spacial score (nSPS) is 17.2. The third kappa shape index (κ3) is 4.04. The Morgan fingerprint density at radius 3 is 2.91 bits per heavy atom. The Morgan fingerprint density at radius 1 is 1.35 bits per heavy atom. The fourth-order valence-electron chi connectivity index (χ4n) is 2.36. The molecule has 8 heteroatoms. The van der Waals surface area contributed by atoms with Gasteiger partial charge in [0.25, 0.3) is 0 Å². The Balaban J connectivity index is 1.43. The number of carbonyl (C=O) groups excluding carboxylic acids is 1. The first-order chi connectivity index (χ1) is 11.2. The van der Waals surface area contributed by atoms with Crippen LogP contribution < -0.4 is 10.6 Å². The Morgan fingerprint density at radius 2 is 2.26 bits per heavy atom. The molecule has 1 amide bonds. The molecule has 1 atom stereocenters. The summed E-state index contributed by atoms with van der Waals surface area (Å²) in [5.74, 6) is 1.28.